The fourth-order valence-corrected chi connectivity index (χ4v) is 1.13. The molecule has 1 rings (SSSR count). The molecule has 4 heteroatoms. The summed E-state index contributed by atoms with van der Waals surface area (Å²) in [5.41, 5.74) is 1.22. The summed E-state index contributed by atoms with van der Waals surface area (Å²) in [6, 6.07) is 4.77. The van der Waals surface area contributed by atoms with Gasteiger partial charge in [0.25, 0.3) is 0 Å². The number of rotatable bonds is 3. The van der Waals surface area contributed by atoms with Crippen LogP contribution in [0.5, 0.6) is 0 Å². The van der Waals surface area contributed by atoms with Crippen molar-refractivity contribution >= 4 is 5.91 Å². The van der Waals surface area contributed by atoms with Crippen LogP contribution >= 0.6 is 0 Å². The standard InChI is InChI=1S/C11H14FNO2/c1-8-4-5-9(6-10(8)12)7-11(14)13(2)15-3/h4-6H,7H2,1-3H3. The van der Waals surface area contributed by atoms with Gasteiger partial charge in [-0.3, -0.25) is 9.63 Å². The molecular formula is C11H14FNO2. The van der Waals surface area contributed by atoms with Crippen LogP contribution < -0.4 is 0 Å². The minimum absolute atomic E-state index is 0.140. The molecule has 15 heavy (non-hydrogen) atoms. The predicted octanol–water partition coefficient (Wildman–Crippen LogP) is 1.70. The van der Waals surface area contributed by atoms with E-state index in [1.807, 2.05) is 0 Å². The first-order valence-corrected chi connectivity index (χ1v) is 4.60. The highest BCUT2D eigenvalue weighted by Crippen LogP contribution is 2.10. The zero-order valence-corrected chi connectivity index (χ0v) is 9.08. The lowest BCUT2D eigenvalue weighted by Gasteiger charge is -2.13. The first-order chi connectivity index (χ1) is 7.04. The average Bonchev–Trinajstić information content (AvgIpc) is 2.22. The van der Waals surface area contributed by atoms with Crippen LogP contribution in [0.2, 0.25) is 0 Å². The summed E-state index contributed by atoms with van der Waals surface area (Å²) in [7, 11) is 2.93. The summed E-state index contributed by atoms with van der Waals surface area (Å²) in [5, 5.41) is 1.12. The van der Waals surface area contributed by atoms with Gasteiger partial charge in [0.05, 0.1) is 13.5 Å². The zero-order valence-electron chi connectivity index (χ0n) is 9.08. The molecule has 0 saturated heterocycles. The molecule has 0 heterocycles. The zero-order chi connectivity index (χ0) is 11.4. The third-order valence-corrected chi connectivity index (χ3v) is 2.22. The van der Waals surface area contributed by atoms with Crippen LogP contribution in [-0.2, 0) is 16.1 Å². The highest BCUT2D eigenvalue weighted by atomic mass is 19.1. The third kappa shape index (κ3) is 3.02. The van der Waals surface area contributed by atoms with Crippen molar-refractivity contribution < 1.29 is 14.0 Å². The molecule has 82 valence electrons. The van der Waals surface area contributed by atoms with Gasteiger partial charge in [0.2, 0.25) is 5.91 Å². The highest BCUT2D eigenvalue weighted by Gasteiger charge is 2.09. The van der Waals surface area contributed by atoms with Crippen LogP contribution in [0.15, 0.2) is 18.2 Å². The van der Waals surface area contributed by atoms with Gasteiger partial charge in [0, 0.05) is 7.05 Å². The van der Waals surface area contributed by atoms with Crippen molar-refractivity contribution in [2.75, 3.05) is 14.2 Å². The second kappa shape index (κ2) is 4.89. The normalized spacial score (nSPS) is 10.1. The Morgan fingerprint density at radius 2 is 2.20 bits per heavy atom. The maximum absolute atomic E-state index is 13.2. The number of likely N-dealkylation sites (N-methyl/N-ethyl adjacent to an activating group) is 1. The van der Waals surface area contributed by atoms with E-state index >= 15 is 0 Å². The largest absolute Gasteiger partial charge is 0.275 e. The maximum Gasteiger partial charge on any atom is 0.250 e. The van der Waals surface area contributed by atoms with Gasteiger partial charge in [0.15, 0.2) is 0 Å². The van der Waals surface area contributed by atoms with E-state index in [4.69, 9.17) is 4.84 Å². The van der Waals surface area contributed by atoms with Crippen molar-refractivity contribution in [2.45, 2.75) is 13.3 Å². The molecule has 0 bridgehead atoms. The number of aryl methyl sites for hydroxylation is 1. The maximum atomic E-state index is 13.2. The lowest BCUT2D eigenvalue weighted by Crippen LogP contribution is -2.26. The number of amides is 1. The molecule has 0 N–H and O–H groups in total. The molecule has 3 nitrogen and oxygen atoms in total. The van der Waals surface area contributed by atoms with E-state index in [1.165, 1.54) is 20.2 Å². The minimum atomic E-state index is -0.291. The van der Waals surface area contributed by atoms with Gasteiger partial charge in [-0.2, -0.15) is 0 Å². The van der Waals surface area contributed by atoms with Crippen LogP contribution in [0, 0.1) is 12.7 Å². The Balaban J connectivity index is 2.73. The van der Waals surface area contributed by atoms with Gasteiger partial charge in [-0.1, -0.05) is 12.1 Å². The van der Waals surface area contributed by atoms with Crippen molar-refractivity contribution in [3.63, 3.8) is 0 Å². The van der Waals surface area contributed by atoms with Crippen molar-refractivity contribution in [1.82, 2.24) is 5.06 Å². The summed E-state index contributed by atoms with van der Waals surface area (Å²) in [5.74, 6) is -0.499. The Morgan fingerprint density at radius 3 is 2.73 bits per heavy atom. The lowest BCUT2D eigenvalue weighted by atomic mass is 10.1. The fraction of sp³-hybridized carbons (Fsp3) is 0.364. The highest BCUT2D eigenvalue weighted by molar-refractivity contribution is 5.77. The SMILES string of the molecule is CON(C)C(=O)Cc1ccc(C)c(F)c1. The van der Waals surface area contributed by atoms with Crippen LogP contribution in [0.1, 0.15) is 11.1 Å². The Hall–Kier alpha value is -1.42. The van der Waals surface area contributed by atoms with Gasteiger partial charge >= 0.3 is 0 Å². The van der Waals surface area contributed by atoms with Gasteiger partial charge in [-0.15, -0.1) is 0 Å². The third-order valence-electron chi connectivity index (χ3n) is 2.22. The molecule has 0 aliphatic carbocycles. The van der Waals surface area contributed by atoms with E-state index in [1.54, 1.807) is 19.1 Å². The molecular weight excluding hydrogens is 197 g/mol. The smallest absolute Gasteiger partial charge is 0.250 e. The summed E-state index contributed by atoms with van der Waals surface area (Å²) >= 11 is 0. The van der Waals surface area contributed by atoms with E-state index in [9.17, 15) is 9.18 Å². The van der Waals surface area contributed by atoms with Crippen molar-refractivity contribution in [3.05, 3.63) is 35.1 Å². The Kier molecular flexibility index (Phi) is 3.80. The molecule has 0 aliphatic heterocycles. The summed E-state index contributed by atoms with van der Waals surface area (Å²) < 4.78 is 13.2. The topological polar surface area (TPSA) is 29.5 Å². The molecule has 0 radical (unpaired) electrons. The van der Waals surface area contributed by atoms with Crippen LogP contribution in [0.3, 0.4) is 0 Å². The number of hydrogen-bond donors (Lipinski definition) is 0. The summed E-state index contributed by atoms with van der Waals surface area (Å²) in [6.07, 6.45) is 0.140. The van der Waals surface area contributed by atoms with Crippen LogP contribution in [-0.4, -0.2) is 25.1 Å². The number of carbonyl (C=O) groups excluding carboxylic acids is 1. The average molecular weight is 211 g/mol. The van der Waals surface area contributed by atoms with Crippen molar-refractivity contribution in [3.8, 4) is 0 Å². The van der Waals surface area contributed by atoms with Crippen LogP contribution in [0.4, 0.5) is 4.39 Å². The Morgan fingerprint density at radius 1 is 1.53 bits per heavy atom. The van der Waals surface area contributed by atoms with E-state index in [2.05, 4.69) is 0 Å². The van der Waals surface area contributed by atoms with E-state index in [-0.39, 0.29) is 18.1 Å². The number of halogens is 1. The monoisotopic (exact) mass is 211 g/mol. The minimum Gasteiger partial charge on any atom is -0.275 e. The van der Waals surface area contributed by atoms with E-state index < -0.39 is 0 Å². The van der Waals surface area contributed by atoms with E-state index in [0.717, 1.165) is 5.06 Å². The predicted molar refractivity (Wildman–Crippen MR) is 54.6 cm³/mol. The van der Waals surface area contributed by atoms with Crippen molar-refractivity contribution in [1.29, 1.82) is 0 Å². The molecule has 0 saturated carbocycles. The molecule has 1 aromatic carbocycles. The summed E-state index contributed by atoms with van der Waals surface area (Å²) in [4.78, 5) is 16.1. The quantitative estimate of drug-likeness (QED) is 0.712. The molecule has 0 fully saturated rings. The summed E-state index contributed by atoms with van der Waals surface area (Å²) in [6.45, 7) is 1.68. The number of carbonyl (C=O) groups is 1. The van der Waals surface area contributed by atoms with Gasteiger partial charge in [-0.05, 0) is 24.1 Å². The lowest BCUT2D eigenvalue weighted by molar-refractivity contribution is -0.167. The second-order valence-electron chi connectivity index (χ2n) is 3.33. The van der Waals surface area contributed by atoms with Crippen LogP contribution in [0.25, 0.3) is 0 Å². The number of hydroxylamine groups is 2. The number of benzene rings is 1. The molecule has 1 amide bonds. The fourth-order valence-electron chi connectivity index (χ4n) is 1.13. The Labute approximate surface area is 88.4 Å². The first-order valence-electron chi connectivity index (χ1n) is 4.60. The number of nitrogens with zero attached hydrogens (tertiary/aromatic N) is 1. The van der Waals surface area contributed by atoms with Gasteiger partial charge in [0.1, 0.15) is 5.82 Å². The molecule has 0 unspecified atom stereocenters. The first kappa shape index (κ1) is 11.7. The molecule has 1 aromatic rings. The van der Waals surface area contributed by atoms with E-state index in [0.29, 0.717) is 11.1 Å². The molecule has 0 aliphatic rings. The van der Waals surface area contributed by atoms with Gasteiger partial charge in [-0.25, -0.2) is 9.45 Å². The van der Waals surface area contributed by atoms with Gasteiger partial charge < -0.3 is 0 Å². The molecule has 0 atom stereocenters. The number of hydrogen-bond acceptors (Lipinski definition) is 2. The molecule has 0 aromatic heterocycles. The van der Waals surface area contributed by atoms with Crippen molar-refractivity contribution in [2.24, 2.45) is 0 Å². The second-order valence-corrected chi connectivity index (χ2v) is 3.33. The molecule has 0 spiro atoms. The Bertz CT molecular complexity index is 366.